The van der Waals surface area contributed by atoms with E-state index in [2.05, 4.69) is 20.9 Å². The first-order chi connectivity index (χ1) is 15.8. The van der Waals surface area contributed by atoms with E-state index in [1.165, 1.54) is 41.4 Å². The van der Waals surface area contributed by atoms with Crippen LogP contribution >= 0.6 is 39.0 Å². The molecule has 0 saturated carbocycles. The van der Waals surface area contributed by atoms with Gasteiger partial charge in [0.25, 0.3) is 0 Å². The second-order valence-electron chi connectivity index (χ2n) is 6.06. The molecule has 2 heterocycles. The van der Waals surface area contributed by atoms with Gasteiger partial charge in [-0.2, -0.15) is 13.2 Å². The number of amidine groups is 1. The van der Waals surface area contributed by atoms with E-state index in [0.717, 1.165) is 0 Å². The monoisotopic (exact) mass is 597 g/mol. The largest absolute Gasteiger partial charge is 0.490 e. The average molecular weight is 598 g/mol. The van der Waals surface area contributed by atoms with E-state index in [1.807, 2.05) is 18.2 Å². The molecule has 0 unspecified atom stereocenters. The zero-order valence-corrected chi connectivity index (χ0v) is 21.0. The summed E-state index contributed by atoms with van der Waals surface area (Å²) in [5.41, 5.74) is 5.50. The number of aromatic nitrogens is 1. The summed E-state index contributed by atoms with van der Waals surface area (Å²) in [5.74, 6) is -2.06. The molecule has 0 aliphatic heterocycles. The number of para-hydroxylation sites is 1. The van der Waals surface area contributed by atoms with Gasteiger partial charge in [0.15, 0.2) is 0 Å². The van der Waals surface area contributed by atoms with Crippen molar-refractivity contribution in [2.45, 2.75) is 20.2 Å². The maximum atomic E-state index is 13.1. The van der Waals surface area contributed by atoms with Gasteiger partial charge in [0.05, 0.1) is 29.5 Å². The van der Waals surface area contributed by atoms with Crippen LogP contribution in [0.25, 0.3) is 0 Å². The SMILES string of the molecule is CSc1sc(C(=N)N)cc1S(=O)(=O)c1cnc(Oc2ccccc2)c(Br)c1.O=C(O)C(F)(F)F. The van der Waals surface area contributed by atoms with Crippen molar-refractivity contribution < 1.29 is 36.2 Å². The summed E-state index contributed by atoms with van der Waals surface area (Å²) in [6.07, 6.45) is -2.05. The Labute approximate surface area is 208 Å². The molecule has 0 spiro atoms. The number of nitrogen functional groups attached to an aromatic ring is 1. The fourth-order valence-electron chi connectivity index (χ4n) is 2.18. The van der Waals surface area contributed by atoms with Crippen LogP contribution in [0.2, 0.25) is 0 Å². The molecule has 2 aromatic heterocycles. The van der Waals surface area contributed by atoms with Crippen molar-refractivity contribution in [3.63, 3.8) is 0 Å². The lowest BCUT2D eigenvalue weighted by Gasteiger charge is -2.09. The standard InChI is InChI=1S/C17H14BrN3O3S3.C2HF3O2/c1-25-17-14(8-13(26-17)15(19)20)27(22,23)11-7-12(18)16(21-9-11)24-10-5-3-2-4-6-10;3-2(4,5)1(6)7/h2-9H,1H3,(H3,19,20);(H,6,7). The molecular formula is C19H15BrF3N3O5S3. The van der Waals surface area contributed by atoms with Gasteiger partial charge in [0.2, 0.25) is 15.7 Å². The van der Waals surface area contributed by atoms with Gasteiger partial charge in [-0.1, -0.05) is 18.2 Å². The summed E-state index contributed by atoms with van der Waals surface area (Å²) < 4.78 is 64.5. The molecule has 0 saturated heterocycles. The van der Waals surface area contributed by atoms with Crippen LogP contribution in [-0.4, -0.2) is 42.7 Å². The van der Waals surface area contributed by atoms with Gasteiger partial charge in [0.1, 0.15) is 11.6 Å². The van der Waals surface area contributed by atoms with Crippen LogP contribution < -0.4 is 10.5 Å². The van der Waals surface area contributed by atoms with Gasteiger partial charge in [-0.25, -0.2) is 18.2 Å². The Bertz CT molecular complexity index is 1300. The van der Waals surface area contributed by atoms with Crippen molar-refractivity contribution in [2.75, 3.05) is 6.26 Å². The number of pyridine rings is 1. The third-order valence-electron chi connectivity index (χ3n) is 3.70. The number of hydrogen-bond acceptors (Lipinski definition) is 8. The third-order valence-corrected chi connectivity index (χ3v) is 8.57. The van der Waals surface area contributed by atoms with Crippen molar-refractivity contribution in [1.82, 2.24) is 4.98 Å². The van der Waals surface area contributed by atoms with Gasteiger partial charge in [-0.05, 0) is 46.5 Å². The number of thioether (sulfide) groups is 1. The summed E-state index contributed by atoms with van der Waals surface area (Å²) in [4.78, 5) is 13.6. The van der Waals surface area contributed by atoms with Crippen LogP contribution in [0.1, 0.15) is 4.88 Å². The number of aliphatic carboxylic acids is 1. The number of carboxylic acid groups (broad SMARTS) is 1. The Morgan fingerprint density at radius 3 is 2.32 bits per heavy atom. The lowest BCUT2D eigenvalue weighted by atomic mass is 10.3. The quantitative estimate of drug-likeness (QED) is 0.200. The second kappa shape index (κ2) is 11.2. The molecular weight excluding hydrogens is 583 g/mol. The van der Waals surface area contributed by atoms with Crippen LogP contribution in [0.4, 0.5) is 13.2 Å². The van der Waals surface area contributed by atoms with Crippen molar-refractivity contribution in [2.24, 2.45) is 5.73 Å². The molecule has 15 heteroatoms. The van der Waals surface area contributed by atoms with Crippen LogP contribution in [0, 0.1) is 5.41 Å². The summed E-state index contributed by atoms with van der Waals surface area (Å²) in [5, 5.41) is 14.7. The van der Waals surface area contributed by atoms with E-state index in [-0.39, 0.29) is 21.5 Å². The van der Waals surface area contributed by atoms with Gasteiger partial charge >= 0.3 is 12.1 Å². The molecule has 3 rings (SSSR count). The summed E-state index contributed by atoms with van der Waals surface area (Å²) in [6, 6.07) is 12.0. The Balaban J connectivity index is 0.000000509. The number of nitrogens with two attached hydrogens (primary N) is 1. The average Bonchev–Trinajstić information content (AvgIpc) is 3.21. The highest BCUT2D eigenvalue weighted by Gasteiger charge is 2.38. The van der Waals surface area contributed by atoms with Crippen molar-refractivity contribution in [3.05, 3.63) is 58.0 Å². The van der Waals surface area contributed by atoms with E-state index in [4.69, 9.17) is 25.8 Å². The van der Waals surface area contributed by atoms with E-state index in [1.54, 1.807) is 18.4 Å². The summed E-state index contributed by atoms with van der Waals surface area (Å²) in [6.45, 7) is 0. The molecule has 8 nitrogen and oxygen atoms in total. The number of thiophene rings is 1. The molecule has 182 valence electrons. The highest BCUT2D eigenvalue weighted by atomic mass is 79.9. The Morgan fingerprint density at radius 2 is 1.85 bits per heavy atom. The van der Waals surface area contributed by atoms with Crippen LogP contribution in [-0.2, 0) is 14.6 Å². The number of nitrogens with zero attached hydrogens (tertiary/aromatic N) is 1. The fraction of sp³-hybridized carbons (Fsp3) is 0.105. The molecule has 1 aromatic carbocycles. The molecule has 0 aliphatic rings. The lowest BCUT2D eigenvalue weighted by Crippen LogP contribution is -2.21. The lowest BCUT2D eigenvalue weighted by molar-refractivity contribution is -0.192. The first-order valence-corrected chi connectivity index (χ1v) is 13.0. The first-order valence-electron chi connectivity index (χ1n) is 8.73. The van der Waals surface area contributed by atoms with Gasteiger partial charge in [-0.3, -0.25) is 5.41 Å². The number of hydrogen-bond donors (Lipinski definition) is 3. The number of nitrogens with one attached hydrogen (secondary N) is 1. The Hall–Kier alpha value is -2.62. The number of carboxylic acids is 1. The molecule has 0 bridgehead atoms. The highest BCUT2D eigenvalue weighted by molar-refractivity contribution is 9.10. The van der Waals surface area contributed by atoms with E-state index < -0.39 is 22.0 Å². The topological polar surface area (TPSA) is 143 Å². The number of halogens is 4. The molecule has 0 radical (unpaired) electrons. The molecule has 0 amide bonds. The summed E-state index contributed by atoms with van der Waals surface area (Å²) in [7, 11) is -3.82. The van der Waals surface area contributed by atoms with Crippen molar-refractivity contribution >= 4 is 60.7 Å². The van der Waals surface area contributed by atoms with E-state index in [9.17, 15) is 21.6 Å². The summed E-state index contributed by atoms with van der Waals surface area (Å²) >= 11 is 5.80. The number of carbonyl (C=O) groups is 1. The predicted octanol–water partition coefficient (Wildman–Crippen LogP) is 5.17. The molecule has 3 aromatic rings. The third kappa shape index (κ3) is 6.94. The maximum Gasteiger partial charge on any atom is 0.490 e. The zero-order valence-electron chi connectivity index (χ0n) is 17.0. The Kier molecular flexibility index (Phi) is 9.10. The number of ether oxygens (including phenoxy) is 1. The smallest absolute Gasteiger partial charge is 0.475 e. The minimum absolute atomic E-state index is 0.0259. The second-order valence-corrected chi connectivity index (χ2v) is 11.0. The zero-order chi connectivity index (χ0) is 25.7. The van der Waals surface area contributed by atoms with Crippen LogP contribution in [0.15, 0.2) is 67.1 Å². The molecule has 0 aliphatic carbocycles. The molecule has 0 fully saturated rings. The molecule has 0 atom stereocenters. The first kappa shape index (κ1) is 27.6. The highest BCUT2D eigenvalue weighted by Crippen LogP contribution is 2.38. The minimum atomic E-state index is -5.08. The molecule has 4 N–H and O–H groups in total. The van der Waals surface area contributed by atoms with E-state index >= 15 is 0 Å². The Morgan fingerprint density at radius 1 is 1.26 bits per heavy atom. The maximum absolute atomic E-state index is 13.1. The molecule has 34 heavy (non-hydrogen) atoms. The predicted molar refractivity (Wildman–Crippen MR) is 125 cm³/mol. The number of rotatable bonds is 6. The number of benzene rings is 1. The van der Waals surface area contributed by atoms with Gasteiger partial charge in [-0.15, -0.1) is 23.1 Å². The number of sulfone groups is 1. The van der Waals surface area contributed by atoms with Gasteiger partial charge < -0.3 is 15.6 Å². The fourth-order valence-corrected chi connectivity index (χ4v) is 6.59. The number of alkyl halides is 3. The van der Waals surface area contributed by atoms with Crippen LogP contribution in [0.5, 0.6) is 11.6 Å². The van der Waals surface area contributed by atoms with Crippen molar-refractivity contribution in [3.8, 4) is 11.6 Å². The minimum Gasteiger partial charge on any atom is -0.475 e. The normalized spacial score (nSPS) is 11.3. The van der Waals surface area contributed by atoms with Gasteiger partial charge in [0, 0.05) is 0 Å². The van der Waals surface area contributed by atoms with Crippen molar-refractivity contribution in [1.29, 1.82) is 5.41 Å². The van der Waals surface area contributed by atoms with E-state index in [0.29, 0.717) is 19.3 Å². The van der Waals surface area contributed by atoms with Crippen LogP contribution in [0.3, 0.4) is 0 Å².